The number of hydrogen-bond donors (Lipinski definition) is 0. The van der Waals surface area contributed by atoms with Gasteiger partial charge in [-0.1, -0.05) is 11.3 Å². The Morgan fingerprint density at radius 3 is 2.95 bits per heavy atom. The Labute approximate surface area is 131 Å². The summed E-state index contributed by atoms with van der Waals surface area (Å²) in [5.41, 5.74) is 1.51. The van der Waals surface area contributed by atoms with Crippen LogP contribution in [0.3, 0.4) is 0 Å². The van der Waals surface area contributed by atoms with Crippen LogP contribution in [0.2, 0.25) is 0 Å². The van der Waals surface area contributed by atoms with Gasteiger partial charge in [-0.15, -0.1) is 0 Å². The zero-order chi connectivity index (χ0) is 15.7. The first kappa shape index (κ1) is 14.5. The molecule has 0 aliphatic rings. The Morgan fingerprint density at radius 1 is 1.41 bits per heavy atom. The first-order chi connectivity index (χ1) is 10.6. The van der Waals surface area contributed by atoms with E-state index in [1.807, 2.05) is 36.7 Å². The number of thiazole rings is 1. The molecular weight excluding hydrogens is 300 g/mol. The molecule has 3 rings (SSSR count). The molecular formula is C15H16N4O2S. The van der Waals surface area contributed by atoms with Crippen LogP contribution in [-0.4, -0.2) is 27.4 Å². The molecule has 0 saturated carbocycles. The molecule has 0 aliphatic heterocycles. The highest BCUT2D eigenvalue weighted by Gasteiger charge is 2.11. The predicted octanol–water partition coefficient (Wildman–Crippen LogP) is 2.21. The second kappa shape index (κ2) is 5.76. The van der Waals surface area contributed by atoms with Crippen molar-refractivity contribution in [1.29, 1.82) is 0 Å². The van der Waals surface area contributed by atoms with Gasteiger partial charge >= 0.3 is 0 Å². The van der Waals surface area contributed by atoms with Gasteiger partial charge in [-0.05, 0) is 31.2 Å². The maximum Gasteiger partial charge on any atom is 0.297 e. The molecule has 0 N–H and O–H groups in total. The van der Waals surface area contributed by atoms with Crippen molar-refractivity contribution in [3.8, 4) is 5.75 Å². The van der Waals surface area contributed by atoms with Crippen LogP contribution >= 0.6 is 11.3 Å². The Hall–Kier alpha value is -2.41. The van der Waals surface area contributed by atoms with Crippen LogP contribution < -0.4 is 9.54 Å². The Morgan fingerprint density at radius 2 is 2.23 bits per heavy atom. The number of methoxy groups -OCH3 is 1. The minimum Gasteiger partial charge on any atom is -0.497 e. The van der Waals surface area contributed by atoms with E-state index in [4.69, 9.17) is 4.74 Å². The van der Waals surface area contributed by atoms with E-state index in [0.29, 0.717) is 17.0 Å². The summed E-state index contributed by atoms with van der Waals surface area (Å²) in [7, 11) is 3.53. The van der Waals surface area contributed by atoms with Crippen LogP contribution in [0.25, 0.3) is 10.2 Å². The summed E-state index contributed by atoms with van der Waals surface area (Å²) in [5, 5.41) is 4.10. The van der Waals surface area contributed by atoms with Crippen molar-refractivity contribution in [3.05, 3.63) is 41.0 Å². The molecule has 0 saturated heterocycles. The number of aromatic nitrogens is 3. The Balaban J connectivity index is 2.09. The SMILES string of the molecule is CCn1nccc1C(=O)N=c1sc2cc(OC)ccc2n1C. The summed E-state index contributed by atoms with van der Waals surface area (Å²) < 4.78 is 9.80. The predicted molar refractivity (Wildman–Crippen MR) is 85.1 cm³/mol. The highest BCUT2D eigenvalue weighted by Crippen LogP contribution is 2.22. The molecule has 7 heteroatoms. The van der Waals surface area contributed by atoms with Crippen LogP contribution in [0.1, 0.15) is 17.4 Å². The number of carbonyl (C=O) groups is 1. The highest BCUT2D eigenvalue weighted by atomic mass is 32.1. The lowest BCUT2D eigenvalue weighted by Gasteiger charge is -2.00. The largest absolute Gasteiger partial charge is 0.497 e. The Kier molecular flexibility index (Phi) is 3.81. The standard InChI is InChI=1S/C15H16N4O2S/c1-4-19-12(7-8-16-19)14(20)17-15-18(2)11-6-5-10(21-3)9-13(11)22-15/h5-9H,4H2,1-3H3. The van der Waals surface area contributed by atoms with Crippen molar-refractivity contribution < 1.29 is 9.53 Å². The van der Waals surface area contributed by atoms with Crippen LogP contribution in [0.4, 0.5) is 0 Å². The molecule has 0 fully saturated rings. The van der Waals surface area contributed by atoms with Gasteiger partial charge in [0.25, 0.3) is 5.91 Å². The number of carbonyl (C=O) groups excluding carboxylic acids is 1. The van der Waals surface area contributed by atoms with Crippen LogP contribution in [0, 0.1) is 0 Å². The van der Waals surface area contributed by atoms with Crippen molar-refractivity contribution >= 4 is 27.5 Å². The monoisotopic (exact) mass is 316 g/mol. The summed E-state index contributed by atoms with van der Waals surface area (Å²) in [6.07, 6.45) is 1.61. The molecule has 0 atom stereocenters. The van der Waals surface area contributed by atoms with Crippen LogP contribution in [-0.2, 0) is 13.6 Å². The third-order valence-corrected chi connectivity index (χ3v) is 4.54. The van der Waals surface area contributed by atoms with Crippen molar-refractivity contribution in [2.45, 2.75) is 13.5 Å². The number of ether oxygens (including phenoxy) is 1. The van der Waals surface area contributed by atoms with E-state index >= 15 is 0 Å². The minimum absolute atomic E-state index is 0.284. The topological polar surface area (TPSA) is 61.4 Å². The first-order valence-electron chi connectivity index (χ1n) is 6.88. The van der Waals surface area contributed by atoms with Gasteiger partial charge in [-0.2, -0.15) is 10.1 Å². The summed E-state index contributed by atoms with van der Waals surface area (Å²) in [6, 6.07) is 7.49. The molecule has 1 amide bonds. The molecule has 0 unspecified atom stereocenters. The van der Waals surface area contributed by atoms with Crippen LogP contribution in [0.5, 0.6) is 5.75 Å². The number of fused-ring (bicyclic) bond motifs is 1. The van der Waals surface area contributed by atoms with Crippen molar-refractivity contribution in [1.82, 2.24) is 14.3 Å². The van der Waals surface area contributed by atoms with Gasteiger partial charge < -0.3 is 9.30 Å². The zero-order valence-corrected chi connectivity index (χ0v) is 13.4. The Bertz CT molecular complexity index is 904. The van der Waals surface area contributed by atoms with Crippen molar-refractivity contribution in [3.63, 3.8) is 0 Å². The molecule has 3 aromatic rings. The molecule has 114 valence electrons. The normalized spacial score (nSPS) is 12.0. The van der Waals surface area contributed by atoms with E-state index in [0.717, 1.165) is 16.0 Å². The molecule has 2 aromatic heterocycles. The van der Waals surface area contributed by atoms with Gasteiger partial charge in [-0.25, -0.2) is 0 Å². The van der Waals surface area contributed by atoms with Crippen molar-refractivity contribution in [2.24, 2.45) is 12.0 Å². The van der Waals surface area contributed by atoms with E-state index in [1.165, 1.54) is 11.3 Å². The number of amides is 1. The number of benzene rings is 1. The molecule has 0 aliphatic carbocycles. The smallest absolute Gasteiger partial charge is 0.297 e. The average molecular weight is 316 g/mol. The molecule has 2 heterocycles. The fraction of sp³-hybridized carbons (Fsp3) is 0.267. The summed E-state index contributed by atoms with van der Waals surface area (Å²) in [4.78, 5) is 17.2. The quantitative estimate of drug-likeness (QED) is 0.744. The van der Waals surface area contributed by atoms with Gasteiger partial charge in [0.15, 0.2) is 4.80 Å². The lowest BCUT2D eigenvalue weighted by Crippen LogP contribution is -2.15. The van der Waals surface area contributed by atoms with Gasteiger partial charge in [0.05, 0.1) is 17.3 Å². The van der Waals surface area contributed by atoms with Crippen molar-refractivity contribution in [2.75, 3.05) is 7.11 Å². The average Bonchev–Trinajstić information content (AvgIpc) is 3.12. The number of nitrogens with zero attached hydrogens (tertiary/aromatic N) is 4. The summed E-state index contributed by atoms with van der Waals surface area (Å²) >= 11 is 1.46. The molecule has 0 radical (unpaired) electrons. The molecule has 22 heavy (non-hydrogen) atoms. The maximum atomic E-state index is 12.3. The molecule has 6 nitrogen and oxygen atoms in total. The second-order valence-electron chi connectivity index (χ2n) is 4.73. The van der Waals surface area contributed by atoms with E-state index in [2.05, 4.69) is 10.1 Å². The minimum atomic E-state index is -0.284. The van der Waals surface area contributed by atoms with E-state index < -0.39 is 0 Å². The third-order valence-electron chi connectivity index (χ3n) is 3.45. The number of rotatable bonds is 3. The lowest BCUT2D eigenvalue weighted by molar-refractivity contribution is 0.0988. The first-order valence-corrected chi connectivity index (χ1v) is 7.70. The summed E-state index contributed by atoms with van der Waals surface area (Å²) in [5.74, 6) is 0.504. The van der Waals surface area contributed by atoms with Crippen LogP contribution in [0.15, 0.2) is 35.5 Å². The highest BCUT2D eigenvalue weighted by molar-refractivity contribution is 7.16. The fourth-order valence-corrected chi connectivity index (χ4v) is 3.30. The second-order valence-corrected chi connectivity index (χ2v) is 5.74. The van der Waals surface area contributed by atoms with E-state index in [-0.39, 0.29) is 5.91 Å². The molecule has 1 aromatic carbocycles. The van der Waals surface area contributed by atoms with E-state index in [1.54, 1.807) is 24.1 Å². The lowest BCUT2D eigenvalue weighted by atomic mass is 10.3. The third kappa shape index (κ3) is 2.43. The van der Waals surface area contributed by atoms with E-state index in [9.17, 15) is 4.79 Å². The fourth-order valence-electron chi connectivity index (χ4n) is 2.26. The van der Waals surface area contributed by atoms with Gasteiger partial charge in [0.2, 0.25) is 0 Å². The van der Waals surface area contributed by atoms with Gasteiger partial charge in [0, 0.05) is 19.8 Å². The number of aryl methyl sites for hydroxylation is 2. The maximum absolute atomic E-state index is 12.3. The molecule has 0 spiro atoms. The zero-order valence-electron chi connectivity index (χ0n) is 12.6. The van der Waals surface area contributed by atoms with Gasteiger partial charge in [0.1, 0.15) is 11.4 Å². The summed E-state index contributed by atoms with van der Waals surface area (Å²) in [6.45, 7) is 2.58. The number of hydrogen-bond acceptors (Lipinski definition) is 4. The molecule has 0 bridgehead atoms. The van der Waals surface area contributed by atoms with Gasteiger partial charge in [-0.3, -0.25) is 9.48 Å².